The molecule has 15 heavy (non-hydrogen) atoms. The highest BCUT2D eigenvalue weighted by Crippen LogP contribution is 2.08. The quantitative estimate of drug-likeness (QED) is 0.519. The molecule has 0 rings (SSSR count). The van der Waals surface area contributed by atoms with E-state index in [2.05, 4.69) is 62.3 Å². The first-order valence-electron chi connectivity index (χ1n) is 6.68. The maximum atomic E-state index is 2.22. The first kappa shape index (κ1) is 20.4. The van der Waals surface area contributed by atoms with Crippen molar-refractivity contribution in [1.82, 2.24) is 0 Å². The largest absolute Gasteiger partial charge is 0.0654 e. The molecule has 0 heterocycles. The van der Waals surface area contributed by atoms with Crippen LogP contribution in [0.4, 0.5) is 0 Å². The van der Waals surface area contributed by atoms with Crippen LogP contribution in [0.1, 0.15) is 88.0 Å². The van der Waals surface area contributed by atoms with Gasteiger partial charge in [-0.25, -0.2) is 0 Å². The summed E-state index contributed by atoms with van der Waals surface area (Å²) >= 11 is 0. The predicted molar refractivity (Wildman–Crippen MR) is 75.5 cm³/mol. The molecule has 0 nitrogen and oxygen atoms in total. The van der Waals surface area contributed by atoms with Crippen LogP contribution in [-0.2, 0) is 0 Å². The SMILES string of the molecule is CC(C)(C)C.CCC(C)C.CCCCC. The van der Waals surface area contributed by atoms with Gasteiger partial charge >= 0.3 is 0 Å². The van der Waals surface area contributed by atoms with E-state index in [0.717, 1.165) is 5.92 Å². The van der Waals surface area contributed by atoms with Crippen molar-refractivity contribution < 1.29 is 0 Å². The predicted octanol–water partition coefficient (Wildman–Crippen LogP) is 6.30. The van der Waals surface area contributed by atoms with E-state index >= 15 is 0 Å². The molecule has 0 aromatic carbocycles. The topological polar surface area (TPSA) is 0 Å². The van der Waals surface area contributed by atoms with Gasteiger partial charge in [-0.3, -0.25) is 0 Å². The molecule has 0 amide bonds. The fourth-order valence-electron chi connectivity index (χ4n) is 0.354. The summed E-state index contributed by atoms with van der Waals surface area (Å²) in [5.74, 6) is 0.884. The van der Waals surface area contributed by atoms with Crippen LogP contribution in [0.15, 0.2) is 0 Å². The molecular weight excluding hydrogens is 180 g/mol. The van der Waals surface area contributed by atoms with Gasteiger partial charge in [0, 0.05) is 0 Å². The highest BCUT2D eigenvalue weighted by Gasteiger charge is 1.95. The Labute approximate surface area is 99.9 Å². The van der Waals surface area contributed by atoms with Crippen molar-refractivity contribution in [2.45, 2.75) is 88.0 Å². The van der Waals surface area contributed by atoms with Crippen molar-refractivity contribution in [1.29, 1.82) is 0 Å². The Bertz CT molecular complexity index is 76.7. The summed E-state index contributed by atoms with van der Waals surface area (Å²) in [5.41, 5.74) is 0.500. The molecule has 0 fully saturated rings. The average Bonchev–Trinajstić information content (AvgIpc) is 2.04. The lowest BCUT2D eigenvalue weighted by molar-refractivity contribution is 0.469. The molecular formula is C15H36. The summed E-state index contributed by atoms with van der Waals surface area (Å²) in [6.45, 7) is 19.8. The molecule has 0 spiro atoms. The summed E-state index contributed by atoms with van der Waals surface area (Å²) in [4.78, 5) is 0. The fourth-order valence-corrected chi connectivity index (χ4v) is 0.354. The number of hydrogen-bond acceptors (Lipinski definition) is 0. The molecule has 0 unspecified atom stereocenters. The van der Waals surface area contributed by atoms with Crippen LogP contribution in [0, 0.1) is 11.3 Å². The Hall–Kier alpha value is 0. The standard InChI is InChI=1S/3C5H12/c1-5(2,3)4;1-4-5(2)3;1-3-5-4-2/h1-4H3;5H,4H2,1-3H3;3-5H2,1-2H3. The molecule has 0 saturated heterocycles. The van der Waals surface area contributed by atoms with Gasteiger partial charge in [-0.1, -0.05) is 88.0 Å². The summed E-state index contributed by atoms with van der Waals surface area (Å²) in [5, 5.41) is 0. The van der Waals surface area contributed by atoms with Crippen molar-refractivity contribution in [2.75, 3.05) is 0 Å². The summed E-state index contributed by atoms with van der Waals surface area (Å²) in [6, 6.07) is 0. The first-order chi connectivity index (χ1) is 6.68. The zero-order valence-corrected chi connectivity index (χ0v) is 12.9. The molecule has 0 bridgehead atoms. The monoisotopic (exact) mass is 216 g/mol. The Morgan fingerprint density at radius 2 is 1.00 bits per heavy atom. The Morgan fingerprint density at radius 1 is 0.800 bits per heavy atom. The molecule has 0 aromatic heterocycles. The number of hydrogen-bond donors (Lipinski definition) is 0. The van der Waals surface area contributed by atoms with Crippen LogP contribution in [-0.4, -0.2) is 0 Å². The van der Waals surface area contributed by atoms with Crippen LogP contribution in [0.5, 0.6) is 0 Å². The second-order valence-electron chi connectivity index (χ2n) is 6.16. The molecule has 0 aliphatic carbocycles. The minimum atomic E-state index is 0.500. The molecule has 0 aromatic rings. The van der Waals surface area contributed by atoms with Crippen LogP contribution >= 0.6 is 0 Å². The third-order valence-electron chi connectivity index (χ3n) is 1.52. The van der Waals surface area contributed by atoms with E-state index in [9.17, 15) is 0 Å². The Kier molecular flexibility index (Phi) is 19.1. The van der Waals surface area contributed by atoms with Crippen molar-refractivity contribution >= 4 is 0 Å². The van der Waals surface area contributed by atoms with Gasteiger partial charge in [0.05, 0.1) is 0 Å². The van der Waals surface area contributed by atoms with Crippen molar-refractivity contribution in [3.63, 3.8) is 0 Å². The van der Waals surface area contributed by atoms with E-state index in [-0.39, 0.29) is 0 Å². The number of rotatable bonds is 3. The van der Waals surface area contributed by atoms with E-state index in [4.69, 9.17) is 0 Å². The average molecular weight is 216 g/mol. The zero-order chi connectivity index (χ0) is 12.9. The van der Waals surface area contributed by atoms with E-state index in [1.807, 2.05) is 0 Å². The fraction of sp³-hybridized carbons (Fsp3) is 1.00. The van der Waals surface area contributed by atoms with Crippen LogP contribution in [0.25, 0.3) is 0 Å². The van der Waals surface area contributed by atoms with Gasteiger partial charge in [-0.05, 0) is 11.3 Å². The van der Waals surface area contributed by atoms with Gasteiger partial charge in [0.15, 0.2) is 0 Å². The molecule has 0 aliphatic heterocycles. The third kappa shape index (κ3) is 126. The van der Waals surface area contributed by atoms with Crippen molar-refractivity contribution in [3.05, 3.63) is 0 Å². The number of unbranched alkanes of at least 4 members (excludes halogenated alkanes) is 2. The maximum absolute atomic E-state index is 2.22. The summed E-state index contributed by atoms with van der Waals surface area (Å²) in [7, 11) is 0. The van der Waals surface area contributed by atoms with Gasteiger partial charge in [-0.2, -0.15) is 0 Å². The summed E-state index contributed by atoms with van der Waals surface area (Å²) in [6.07, 6.45) is 5.38. The minimum Gasteiger partial charge on any atom is -0.0654 e. The molecule has 96 valence electrons. The van der Waals surface area contributed by atoms with Crippen LogP contribution in [0.3, 0.4) is 0 Å². The van der Waals surface area contributed by atoms with Crippen molar-refractivity contribution in [3.8, 4) is 0 Å². The lowest BCUT2D eigenvalue weighted by Gasteiger charge is -2.05. The van der Waals surface area contributed by atoms with Gasteiger partial charge in [0.25, 0.3) is 0 Å². The lowest BCUT2D eigenvalue weighted by Crippen LogP contribution is -1.93. The smallest absolute Gasteiger partial charge is 0.0411 e. The highest BCUT2D eigenvalue weighted by molar-refractivity contribution is 4.47. The Balaban J connectivity index is -0.000000144. The van der Waals surface area contributed by atoms with E-state index in [1.165, 1.54) is 25.7 Å². The van der Waals surface area contributed by atoms with E-state index < -0.39 is 0 Å². The third-order valence-corrected chi connectivity index (χ3v) is 1.52. The van der Waals surface area contributed by atoms with Crippen molar-refractivity contribution in [2.24, 2.45) is 11.3 Å². The zero-order valence-electron chi connectivity index (χ0n) is 12.9. The normalized spacial score (nSPS) is 10.0. The molecule has 0 atom stereocenters. The van der Waals surface area contributed by atoms with E-state index in [0.29, 0.717) is 5.41 Å². The lowest BCUT2D eigenvalue weighted by atomic mass is 10.0. The minimum absolute atomic E-state index is 0.500. The van der Waals surface area contributed by atoms with Gasteiger partial charge in [0.1, 0.15) is 0 Å². The second kappa shape index (κ2) is 14.0. The van der Waals surface area contributed by atoms with Crippen LogP contribution in [0.2, 0.25) is 0 Å². The molecule has 0 radical (unpaired) electrons. The van der Waals surface area contributed by atoms with Gasteiger partial charge < -0.3 is 0 Å². The van der Waals surface area contributed by atoms with Gasteiger partial charge in [0.2, 0.25) is 0 Å². The Morgan fingerprint density at radius 3 is 1.00 bits per heavy atom. The highest BCUT2D eigenvalue weighted by atomic mass is 14.0. The van der Waals surface area contributed by atoms with Gasteiger partial charge in [-0.15, -0.1) is 0 Å². The van der Waals surface area contributed by atoms with E-state index in [1.54, 1.807) is 0 Å². The second-order valence-corrected chi connectivity index (χ2v) is 6.16. The molecule has 0 saturated carbocycles. The molecule has 0 heteroatoms. The first-order valence-corrected chi connectivity index (χ1v) is 6.68. The maximum Gasteiger partial charge on any atom is -0.0411 e. The summed E-state index contributed by atoms with van der Waals surface area (Å²) < 4.78 is 0. The molecule has 0 aliphatic rings. The molecule has 0 N–H and O–H groups in total. The van der Waals surface area contributed by atoms with Crippen LogP contribution < -0.4 is 0 Å².